The van der Waals surface area contributed by atoms with Gasteiger partial charge >= 0.3 is 5.97 Å². The summed E-state index contributed by atoms with van der Waals surface area (Å²) in [5.74, 6) is 0.740. The second kappa shape index (κ2) is 7.21. The first-order valence-electron chi connectivity index (χ1n) is 7.98. The summed E-state index contributed by atoms with van der Waals surface area (Å²) in [7, 11) is 1.64. The topological polar surface area (TPSA) is 55.8 Å². The van der Waals surface area contributed by atoms with Crippen molar-refractivity contribution in [2.24, 2.45) is 0 Å². The molecule has 0 aliphatic heterocycles. The fraction of sp³-hybridized carbons (Fsp3) is 0.250. The Bertz CT molecular complexity index is 760. The minimum absolute atomic E-state index is 0.487. The number of carboxylic acids is 1. The number of aliphatic carboxylic acids is 1. The van der Waals surface area contributed by atoms with Crippen molar-refractivity contribution < 1.29 is 19.4 Å². The van der Waals surface area contributed by atoms with Crippen LogP contribution >= 0.6 is 0 Å². The average molecular weight is 324 g/mol. The number of carbonyl (C=O) groups is 1. The van der Waals surface area contributed by atoms with Gasteiger partial charge in [0.15, 0.2) is 0 Å². The van der Waals surface area contributed by atoms with Crippen LogP contribution in [0.15, 0.2) is 48.5 Å². The highest BCUT2D eigenvalue weighted by molar-refractivity contribution is 5.91. The SMILES string of the molecule is COc1ccc(COc2ccc3c(c2)CCCC3=CC(=O)O)cc1. The van der Waals surface area contributed by atoms with Gasteiger partial charge in [-0.1, -0.05) is 18.2 Å². The van der Waals surface area contributed by atoms with E-state index in [0.29, 0.717) is 6.61 Å². The van der Waals surface area contributed by atoms with Crippen LogP contribution in [0, 0.1) is 0 Å². The Kier molecular flexibility index (Phi) is 4.85. The first-order chi connectivity index (χ1) is 11.7. The zero-order valence-electron chi connectivity index (χ0n) is 13.6. The molecule has 4 nitrogen and oxygen atoms in total. The van der Waals surface area contributed by atoms with Gasteiger partial charge in [-0.25, -0.2) is 4.79 Å². The number of aryl methyl sites for hydroxylation is 1. The molecule has 0 saturated heterocycles. The largest absolute Gasteiger partial charge is 0.497 e. The molecule has 0 amide bonds. The van der Waals surface area contributed by atoms with Crippen molar-refractivity contribution in [2.45, 2.75) is 25.9 Å². The van der Waals surface area contributed by atoms with Gasteiger partial charge in [-0.2, -0.15) is 0 Å². The molecule has 0 saturated carbocycles. The van der Waals surface area contributed by atoms with Crippen LogP contribution in [-0.2, 0) is 17.8 Å². The van der Waals surface area contributed by atoms with Crippen LogP contribution in [0.3, 0.4) is 0 Å². The van der Waals surface area contributed by atoms with E-state index < -0.39 is 5.97 Å². The van der Waals surface area contributed by atoms with E-state index in [9.17, 15) is 4.79 Å². The number of rotatable bonds is 5. The summed E-state index contributed by atoms with van der Waals surface area (Å²) >= 11 is 0. The molecule has 0 fully saturated rings. The van der Waals surface area contributed by atoms with Crippen LogP contribution in [0.1, 0.15) is 29.5 Å². The third kappa shape index (κ3) is 3.77. The Labute approximate surface area is 141 Å². The molecule has 0 bridgehead atoms. The molecule has 24 heavy (non-hydrogen) atoms. The monoisotopic (exact) mass is 324 g/mol. The summed E-state index contributed by atoms with van der Waals surface area (Å²) in [6, 6.07) is 13.7. The van der Waals surface area contributed by atoms with Gasteiger partial charge in [-0.3, -0.25) is 0 Å². The highest BCUT2D eigenvalue weighted by Crippen LogP contribution is 2.33. The van der Waals surface area contributed by atoms with E-state index >= 15 is 0 Å². The zero-order chi connectivity index (χ0) is 16.9. The molecule has 0 unspecified atom stereocenters. The number of methoxy groups -OCH3 is 1. The standard InChI is InChI=1S/C20H20O4/c1-23-17-7-5-14(6-8-17)13-24-18-9-10-19-15(11-18)3-2-4-16(19)12-20(21)22/h5-12H,2-4,13H2,1H3,(H,21,22). The molecule has 1 aliphatic rings. The Morgan fingerprint density at radius 2 is 1.88 bits per heavy atom. The van der Waals surface area contributed by atoms with E-state index in [0.717, 1.165) is 53.0 Å². The van der Waals surface area contributed by atoms with Gasteiger partial charge in [0.05, 0.1) is 7.11 Å². The van der Waals surface area contributed by atoms with Crippen molar-refractivity contribution in [2.75, 3.05) is 7.11 Å². The predicted molar refractivity (Wildman–Crippen MR) is 92.3 cm³/mol. The van der Waals surface area contributed by atoms with Crippen molar-refractivity contribution >= 4 is 11.5 Å². The van der Waals surface area contributed by atoms with Crippen LogP contribution in [0.4, 0.5) is 0 Å². The average Bonchev–Trinajstić information content (AvgIpc) is 2.60. The minimum Gasteiger partial charge on any atom is -0.497 e. The predicted octanol–water partition coefficient (Wildman–Crippen LogP) is 4.08. The Balaban J connectivity index is 1.72. The van der Waals surface area contributed by atoms with Gasteiger partial charge in [0, 0.05) is 6.08 Å². The molecule has 4 heteroatoms. The molecule has 0 aromatic heterocycles. The lowest BCUT2D eigenvalue weighted by molar-refractivity contribution is -0.131. The van der Waals surface area contributed by atoms with E-state index in [1.54, 1.807) is 7.11 Å². The number of ether oxygens (including phenoxy) is 2. The molecular formula is C20H20O4. The number of hydrogen-bond acceptors (Lipinski definition) is 3. The maximum Gasteiger partial charge on any atom is 0.328 e. The van der Waals surface area contributed by atoms with Gasteiger partial charge in [0.2, 0.25) is 0 Å². The van der Waals surface area contributed by atoms with E-state index in [1.807, 2.05) is 42.5 Å². The third-order valence-corrected chi connectivity index (χ3v) is 4.18. The second-order valence-electron chi connectivity index (χ2n) is 5.82. The van der Waals surface area contributed by atoms with E-state index in [-0.39, 0.29) is 0 Å². The molecule has 0 atom stereocenters. The highest BCUT2D eigenvalue weighted by atomic mass is 16.5. The highest BCUT2D eigenvalue weighted by Gasteiger charge is 2.15. The molecular weight excluding hydrogens is 304 g/mol. The van der Waals surface area contributed by atoms with Crippen molar-refractivity contribution in [3.8, 4) is 11.5 Å². The summed E-state index contributed by atoms with van der Waals surface area (Å²) in [6.45, 7) is 0.487. The summed E-state index contributed by atoms with van der Waals surface area (Å²) < 4.78 is 11.0. The summed E-state index contributed by atoms with van der Waals surface area (Å²) in [5.41, 5.74) is 4.15. The Morgan fingerprint density at radius 3 is 2.58 bits per heavy atom. The summed E-state index contributed by atoms with van der Waals surface area (Å²) in [4.78, 5) is 10.9. The molecule has 0 radical (unpaired) electrons. The van der Waals surface area contributed by atoms with Gasteiger partial charge in [0.25, 0.3) is 0 Å². The maximum atomic E-state index is 10.9. The molecule has 0 heterocycles. The van der Waals surface area contributed by atoms with Crippen LogP contribution in [-0.4, -0.2) is 18.2 Å². The molecule has 2 aromatic rings. The first-order valence-corrected chi connectivity index (χ1v) is 7.98. The van der Waals surface area contributed by atoms with E-state index in [1.165, 1.54) is 6.08 Å². The fourth-order valence-corrected chi connectivity index (χ4v) is 2.97. The zero-order valence-corrected chi connectivity index (χ0v) is 13.6. The number of benzene rings is 2. The lowest BCUT2D eigenvalue weighted by atomic mass is 9.87. The number of hydrogen-bond donors (Lipinski definition) is 1. The van der Waals surface area contributed by atoms with Crippen molar-refractivity contribution in [1.82, 2.24) is 0 Å². The van der Waals surface area contributed by atoms with Crippen molar-refractivity contribution in [3.05, 3.63) is 65.2 Å². The summed E-state index contributed by atoms with van der Waals surface area (Å²) in [5, 5.41) is 8.98. The van der Waals surface area contributed by atoms with Crippen LogP contribution in [0.5, 0.6) is 11.5 Å². The molecule has 124 valence electrons. The van der Waals surface area contributed by atoms with Crippen LogP contribution in [0.2, 0.25) is 0 Å². The second-order valence-corrected chi connectivity index (χ2v) is 5.82. The molecule has 2 aromatic carbocycles. The van der Waals surface area contributed by atoms with Crippen molar-refractivity contribution in [3.63, 3.8) is 0 Å². The third-order valence-electron chi connectivity index (χ3n) is 4.18. The van der Waals surface area contributed by atoms with Crippen molar-refractivity contribution in [1.29, 1.82) is 0 Å². The summed E-state index contributed by atoms with van der Waals surface area (Å²) in [6.07, 6.45) is 4.04. The Hall–Kier alpha value is -2.75. The molecule has 0 spiro atoms. The van der Waals surface area contributed by atoms with Crippen LogP contribution in [0.25, 0.3) is 5.57 Å². The molecule has 1 N–H and O–H groups in total. The number of carboxylic acid groups (broad SMARTS) is 1. The lowest BCUT2D eigenvalue weighted by Gasteiger charge is -2.19. The lowest BCUT2D eigenvalue weighted by Crippen LogP contribution is -2.05. The maximum absolute atomic E-state index is 10.9. The molecule has 1 aliphatic carbocycles. The molecule has 3 rings (SSSR count). The van der Waals surface area contributed by atoms with Gasteiger partial charge in [-0.05, 0) is 65.8 Å². The smallest absolute Gasteiger partial charge is 0.328 e. The fourth-order valence-electron chi connectivity index (χ4n) is 2.97. The van der Waals surface area contributed by atoms with Gasteiger partial charge < -0.3 is 14.6 Å². The van der Waals surface area contributed by atoms with Gasteiger partial charge in [0.1, 0.15) is 18.1 Å². The van der Waals surface area contributed by atoms with Gasteiger partial charge in [-0.15, -0.1) is 0 Å². The van der Waals surface area contributed by atoms with E-state index in [2.05, 4.69) is 0 Å². The number of allylic oxidation sites excluding steroid dienone is 1. The quantitative estimate of drug-likeness (QED) is 0.842. The minimum atomic E-state index is -0.891. The first kappa shape index (κ1) is 16.1. The Morgan fingerprint density at radius 1 is 1.12 bits per heavy atom. The normalized spacial score (nSPS) is 15.0. The number of fused-ring (bicyclic) bond motifs is 1. The van der Waals surface area contributed by atoms with Crippen LogP contribution < -0.4 is 9.47 Å². The van der Waals surface area contributed by atoms with E-state index in [4.69, 9.17) is 14.6 Å².